The molecule has 1 aromatic carbocycles. The summed E-state index contributed by atoms with van der Waals surface area (Å²) in [5.41, 5.74) is 1.26. The third-order valence-corrected chi connectivity index (χ3v) is 4.69. The van der Waals surface area contributed by atoms with Crippen molar-refractivity contribution in [1.82, 2.24) is 24.1 Å². The van der Waals surface area contributed by atoms with Gasteiger partial charge in [-0.25, -0.2) is 4.98 Å². The van der Waals surface area contributed by atoms with Crippen molar-refractivity contribution < 1.29 is 9.53 Å². The van der Waals surface area contributed by atoms with Crippen molar-refractivity contribution in [2.75, 3.05) is 5.32 Å². The summed E-state index contributed by atoms with van der Waals surface area (Å²) in [5.74, 6) is 2.15. The van der Waals surface area contributed by atoms with Crippen LogP contribution in [0.15, 0.2) is 54.9 Å². The van der Waals surface area contributed by atoms with Gasteiger partial charge in [0.15, 0.2) is 0 Å². The molecule has 9 heteroatoms. The van der Waals surface area contributed by atoms with Crippen LogP contribution in [0.3, 0.4) is 0 Å². The smallest absolute Gasteiger partial charge is 0.269 e. The van der Waals surface area contributed by atoms with E-state index in [9.17, 15) is 4.79 Å². The van der Waals surface area contributed by atoms with E-state index in [1.165, 1.54) is 0 Å². The summed E-state index contributed by atoms with van der Waals surface area (Å²) in [7, 11) is 0. The number of carbonyl (C=O) groups excluding carboxylic acids is 1. The highest BCUT2D eigenvalue weighted by molar-refractivity contribution is 7.08. The molecule has 1 N–H and O–H groups in total. The summed E-state index contributed by atoms with van der Waals surface area (Å²) in [4.78, 5) is 21.5. The standard InChI is InChI=1S/C19H16N6O2S/c1-12-18(28-24-23-12)19(26)22-14-5-7-15(8-6-14)27-17-11-16(20-13(2)21-17)25-9-3-4-10-25/h3-11H,1-2H3,(H,22,26). The lowest BCUT2D eigenvalue weighted by molar-refractivity contribution is 0.103. The summed E-state index contributed by atoms with van der Waals surface area (Å²) < 4.78 is 11.5. The first kappa shape index (κ1) is 17.8. The number of nitrogens with zero attached hydrogens (tertiary/aromatic N) is 5. The fourth-order valence-electron chi connectivity index (χ4n) is 2.55. The molecule has 0 saturated carbocycles. The van der Waals surface area contributed by atoms with Crippen LogP contribution in [0.4, 0.5) is 5.69 Å². The van der Waals surface area contributed by atoms with Crippen LogP contribution in [0, 0.1) is 13.8 Å². The number of amides is 1. The number of aromatic nitrogens is 5. The van der Waals surface area contributed by atoms with Crippen molar-refractivity contribution in [3.63, 3.8) is 0 Å². The van der Waals surface area contributed by atoms with Crippen LogP contribution in [0.2, 0.25) is 0 Å². The highest BCUT2D eigenvalue weighted by Crippen LogP contribution is 2.23. The van der Waals surface area contributed by atoms with E-state index in [-0.39, 0.29) is 5.91 Å². The second kappa shape index (κ2) is 7.57. The average Bonchev–Trinajstić information content (AvgIpc) is 3.34. The van der Waals surface area contributed by atoms with E-state index in [1.54, 1.807) is 37.3 Å². The first-order chi connectivity index (χ1) is 13.6. The molecule has 0 aliphatic carbocycles. The molecular weight excluding hydrogens is 376 g/mol. The van der Waals surface area contributed by atoms with Gasteiger partial charge < -0.3 is 14.6 Å². The van der Waals surface area contributed by atoms with Gasteiger partial charge in [0.2, 0.25) is 5.88 Å². The number of nitrogens with one attached hydrogen (secondary N) is 1. The first-order valence-electron chi connectivity index (χ1n) is 8.46. The second-order valence-corrected chi connectivity index (χ2v) is 6.72. The summed E-state index contributed by atoms with van der Waals surface area (Å²) in [6.07, 6.45) is 3.81. The Morgan fingerprint density at radius 1 is 1.11 bits per heavy atom. The second-order valence-electron chi connectivity index (χ2n) is 5.97. The highest BCUT2D eigenvalue weighted by Gasteiger charge is 2.13. The SMILES string of the molecule is Cc1nc(Oc2ccc(NC(=O)c3snnc3C)cc2)cc(-n2cccc2)n1. The van der Waals surface area contributed by atoms with Crippen LogP contribution >= 0.6 is 11.5 Å². The molecule has 0 radical (unpaired) electrons. The fraction of sp³-hybridized carbons (Fsp3) is 0.105. The summed E-state index contributed by atoms with van der Waals surface area (Å²) >= 11 is 1.07. The Morgan fingerprint density at radius 2 is 1.86 bits per heavy atom. The van der Waals surface area contributed by atoms with E-state index in [0.717, 1.165) is 17.4 Å². The van der Waals surface area contributed by atoms with Gasteiger partial charge in [0.1, 0.15) is 22.3 Å². The van der Waals surface area contributed by atoms with Gasteiger partial charge in [-0.05, 0) is 61.8 Å². The van der Waals surface area contributed by atoms with Gasteiger partial charge in [-0.1, -0.05) is 4.49 Å². The van der Waals surface area contributed by atoms with E-state index in [2.05, 4.69) is 24.9 Å². The van der Waals surface area contributed by atoms with Crippen LogP contribution in [0.1, 0.15) is 21.2 Å². The molecule has 8 nitrogen and oxygen atoms in total. The number of anilines is 1. The Morgan fingerprint density at radius 3 is 2.54 bits per heavy atom. The van der Waals surface area contributed by atoms with Gasteiger partial charge in [0, 0.05) is 24.1 Å². The van der Waals surface area contributed by atoms with E-state index in [0.29, 0.717) is 33.7 Å². The van der Waals surface area contributed by atoms with Crippen LogP contribution in [-0.4, -0.2) is 30.0 Å². The molecule has 4 rings (SSSR count). The Bertz CT molecular complexity index is 1110. The predicted molar refractivity (Wildman–Crippen MR) is 105 cm³/mol. The number of hydrogen-bond acceptors (Lipinski definition) is 7. The summed E-state index contributed by atoms with van der Waals surface area (Å²) in [6.45, 7) is 3.57. The molecule has 4 aromatic rings. The lowest BCUT2D eigenvalue weighted by atomic mass is 10.3. The molecule has 0 aliphatic heterocycles. The van der Waals surface area contributed by atoms with E-state index >= 15 is 0 Å². The Hall–Kier alpha value is -3.59. The molecule has 0 bridgehead atoms. The van der Waals surface area contributed by atoms with Gasteiger partial charge in [-0.15, -0.1) is 5.10 Å². The molecule has 28 heavy (non-hydrogen) atoms. The maximum absolute atomic E-state index is 12.2. The third-order valence-electron chi connectivity index (χ3n) is 3.86. The van der Waals surface area contributed by atoms with Crippen LogP contribution in [0.5, 0.6) is 11.6 Å². The lowest BCUT2D eigenvalue weighted by Gasteiger charge is -2.09. The van der Waals surface area contributed by atoms with Gasteiger partial charge in [0.05, 0.1) is 5.69 Å². The minimum atomic E-state index is -0.232. The number of rotatable bonds is 5. The number of hydrogen-bond donors (Lipinski definition) is 1. The Kier molecular flexibility index (Phi) is 4.81. The molecule has 0 spiro atoms. The van der Waals surface area contributed by atoms with Gasteiger partial charge in [-0.3, -0.25) is 4.79 Å². The minimum Gasteiger partial charge on any atom is -0.439 e. The normalized spacial score (nSPS) is 10.6. The van der Waals surface area contributed by atoms with Crippen molar-refractivity contribution in [2.24, 2.45) is 0 Å². The van der Waals surface area contributed by atoms with Gasteiger partial charge in [-0.2, -0.15) is 4.98 Å². The number of ether oxygens (including phenoxy) is 1. The molecule has 140 valence electrons. The van der Waals surface area contributed by atoms with E-state index in [4.69, 9.17) is 4.74 Å². The minimum absolute atomic E-state index is 0.232. The lowest BCUT2D eigenvalue weighted by Crippen LogP contribution is -2.11. The fourth-order valence-corrected chi connectivity index (χ4v) is 3.10. The molecule has 0 fully saturated rings. The first-order valence-corrected chi connectivity index (χ1v) is 9.23. The van der Waals surface area contributed by atoms with Crippen molar-refractivity contribution >= 4 is 23.1 Å². The Labute approximate surface area is 165 Å². The number of carbonyl (C=O) groups is 1. The third kappa shape index (κ3) is 3.89. The molecule has 0 atom stereocenters. The molecule has 3 heterocycles. The highest BCUT2D eigenvalue weighted by atomic mass is 32.1. The zero-order valence-electron chi connectivity index (χ0n) is 15.2. The molecule has 0 unspecified atom stereocenters. The predicted octanol–water partition coefficient (Wildman–Crippen LogP) is 3.78. The summed E-state index contributed by atoms with van der Waals surface area (Å²) in [5, 5.41) is 6.67. The van der Waals surface area contributed by atoms with Crippen LogP contribution < -0.4 is 10.1 Å². The maximum Gasteiger partial charge on any atom is 0.269 e. The summed E-state index contributed by atoms with van der Waals surface area (Å²) in [6, 6.07) is 12.7. The van der Waals surface area contributed by atoms with Crippen molar-refractivity contribution in [2.45, 2.75) is 13.8 Å². The van der Waals surface area contributed by atoms with Gasteiger partial charge >= 0.3 is 0 Å². The molecule has 0 saturated heterocycles. The molecule has 1 amide bonds. The van der Waals surface area contributed by atoms with Crippen LogP contribution in [0.25, 0.3) is 5.82 Å². The monoisotopic (exact) mass is 392 g/mol. The van der Waals surface area contributed by atoms with Crippen molar-refractivity contribution in [1.29, 1.82) is 0 Å². The molecule has 3 aromatic heterocycles. The quantitative estimate of drug-likeness (QED) is 0.555. The zero-order valence-corrected chi connectivity index (χ0v) is 16.0. The maximum atomic E-state index is 12.2. The molecular formula is C19H16N6O2S. The van der Waals surface area contributed by atoms with E-state index < -0.39 is 0 Å². The largest absolute Gasteiger partial charge is 0.439 e. The topological polar surface area (TPSA) is 94.8 Å². The average molecular weight is 392 g/mol. The van der Waals surface area contributed by atoms with Crippen LogP contribution in [-0.2, 0) is 0 Å². The van der Waals surface area contributed by atoms with Crippen molar-refractivity contribution in [3.8, 4) is 17.4 Å². The molecule has 0 aliphatic rings. The van der Waals surface area contributed by atoms with Gasteiger partial charge in [0.25, 0.3) is 5.91 Å². The number of aryl methyl sites for hydroxylation is 2. The zero-order chi connectivity index (χ0) is 19.5. The Balaban J connectivity index is 1.48. The van der Waals surface area contributed by atoms with E-state index in [1.807, 2.05) is 36.0 Å². The number of benzene rings is 1. The van der Waals surface area contributed by atoms with Crippen molar-refractivity contribution in [3.05, 3.63) is 71.3 Å².